The Morgan fingerprint density at radius 2 is 1.71 bits per heavy atom. The van der Waals surface area contributed by atoms with E-state index in [1.54, 1.807) is 6.07 Å². The molecule has 1 N–H and O–H groups in total. The summed E-state index contributed by atoms with van der Waals surface area (Å²) in [6, 6.07) is 6.82. The molecule has 5 heteroatoms. The van der Waals surface area contributed by atoms with E-state index in [0.29, 0.717) is 17.7 Å². The van der Waals surface area contributed by atoms with Gasteiger partial charge in [-0.2, -0.15) is 0 Å². The van der Waals surface area contributed by atoms with Crippen LogP contribution in [0.25, 0.3) is 0 Å². The SMILES string of the molecule is CCCNC(c1cc(F)cc(F)c1)c1ccc(Cl)cc1F. The lowest BCUT2D eigenvalue weighted by atomic mass is 9.97. The maximum Gasteiger partial charge on any atom is 0.129 e. The van der Waals surface area contributed by atoms with Crippen LogP contribution in [0, 0.1) is 17.5 Å². The molecule has 2 aromatic carbocycles. The highest BCUT2D eigenvalue weighted by molar-refractivity contribution is 6.30. The van der Waals surface area contributed by atoms with Crippen molar-refractivity contribution in [2.45, 2.75) is 19.4 Å². The van der Waals surface area contributed by atoms with Crippen molar-refractivity contribution in [1.82, 2.24) is 5.32 Å². The van der Waals surface area contributed by atoms with Crippen LogP contribution in [0.1, 0.15) is 30.5 Å². The van der Waals surface area contributed by atoms with Crippen LogP contribution in [0.2, 0.25) is 5.02 Å². The van der Waals surface area contributed by atoms with Crippen LogP contribution in [0.5, 0.6) is 0 Å². The van der Waals surface area contributed by atoms with Gasteiger partial charge in [-0.15, -0.1) is 0 Å². The fourth-order valence-electron chi connectivity index (χ4n) is 2.17. The molecule has 1 unspecified atom stereocenters. The Morgan fingerprint density at radius 3 is 2.29 bits per heavy atom. The average molecular weight is 314 g/mol. The zero-order valence-corrected chi connectivity index (χ0v) is 12.2. The van der Waals surface area contributed by atoms with Gasteiger partial charge in [0.05, 0.1) is 6.04 Å². The van der Waals surface area contributed by atoms with Crippen LogP contribution in [0.4, 0.5) is 13.2 Å². The van der Waals surface area contributed by atoms with Crippen molar-refractivity contribution in [3.8, 4) is 0 Å². The molecule has 0 bridgehead atoms. The van der Waals surface area contributed by atoms with E-state index in [2.05, 4.69) is 5.32 Å². The van der Waals surface area contributed by atoms with Crippen molar-refractivity contribution < 1.29 is 13.2 Å². The number of rotatable bonds is 5. The first-order valence-corrected chi connectivity index (χ1v) is 7.03. The number of halogens is 4. The van der Waals surface area contributed by atoms with Gasteiger partial charge in [0.2, 0.25) is 0 Å². The summed E-state index contributed by atoms with van der Waals surface area (Å²) in [6.07, 6.45) is 0.809. The maximum absolute atomic E-state index is 14.1. The minimum absolute atomic E-state index is 0.274. The molecule has 0 saturated heterocycles. The predicted octanol–water partition coefficient (Wildman–Crippen LogP) is 4.85. The van der Waals surface area contributed by atoms with Crippen LogP contribution in [-0.2, 0) is 0 Å². The summed E-state index contributed by atoms with van der Waals surface area (Å²) in [4.78, 5) is 0. The molecule has 0 aliphatic rings. The zero-order chi connectivity index (χ0) is 15.4. The zero-order valence-electron chi connectivity index (χ0n) is 11.5. The number of nitrogens with one attached hydrogen (secondary N) is 1. The van der Waals surface area contributed by atoms with E-state index in [0.717, 1.165) is 12.5 Å². The quantitative estimate of drug-likeness (QED) is 0.832. The molecule has 0 fully saturated rings. The fourth-order valence-corrected chi connectivity index (χ4v) is 2.33. The van der Waals surface area contributed by atoms with Crippen LogP contribution < -0.4 is 5.32 Å². The third-order valence-corrected chi connectivity index (χ3v) is 3.33. The molecule has 0 saturated carbocycles. The van der Waals surface area contributed by atoms with E-state index < -0.39 is 23.5 Å². The van der Waals surface area contributed by atoms with Gasteiger partial charge >= 0.3 is 0 Å². The Hall–Kier alpha value is -1.52. The first-order valence-electron chi connectivity index (χ1n) is 6.65. The number of hydrogen-bond donors (Lipinski definition) is 1. The predicted molar refractivity (Wildman–Crippen MR) is 77.9 cm³/mol. The number of hydrogen-bond acceptors (Lipinski definition) is 1. The van der Waals surface area contributed by atoms with Crippen molar-refractivity contribution in [1.29, 1.82) is 0 Å². The maximum atomic E-state index is 14.1. The molecule has 0 spiro atoms. The smallest absolute Gasteiger partial charge is 0.129 e. The van der Waals surface area contributed by atoms with Crippen LogP contribution in [-0.4, -0.2) is 6.54 Å². The normalized spacial score (nSPS) is 12.4. The summed E-state index contributed by atoms with van der Waals surface area (Å²) in [6.45, 7) is 2.54. The first kappa shape index (κ1) is 15.9. The van der Waals surface area contributed by atoms with Crippen molar-refractivity contribution in [2.24, 2.45) is 0 Å². The van der Waals surface area contributed by atoms with Gasteiger partial charge in [-0.25, -0.2) is 13.2 Å². The van der Waals surface area contributed by atoms with Crippen molar-refractivity contribution >= 4 is 11.6 Å². The molecule has 21 heavy (non-hydrogen) atoms. The second-order valence-corrected chi connectivity index (χ2v) is 5.19. The van der Waals surface area contributed by atoms with E-state index in [-0.39, 0.29) is 5.02 Å². The van der Waals surface area contributed by atoms with E-state index >= 15 is 0 Å². The third kappa shape index (κ3) is 3.99. The second kappa shape index (κ2) is 6.96. The molecule has 1 atom stereocenters. The largest absolute Gasteiger partial charge is 0.306 e. The van der Waals surface area contributed by atoms with Crippen LogP contribution in [0.15, 0.2) is 36.4 Å². The van der Waals surface area contributed by atoms with Gasteiger partial charge in [0.25, 0.3) is 0 Å². The van der Waals surface area contributed by atoms with E-state index in [4.69, 9.17) is 11.6 Å². The molecule has 0 aliphatic heterocycles. The third-order valence-electron chi connectivity index (χ3n) is 3.09. The molecular formula is C16H15ClF3N. The topological polar surface area (TPSA) is 12.0 Å². The highest BCUT2D eigenvalue weighted by Crippen LogP contribution is 2.27. The molecule has 0 amide bonds. The minimum atomic E-state index is -0.692. The van der Waals surface area contributed by atoms with Gasteiger partial charge in [0, 0.05) is 16.7 Å². The van der Waals surface area contributed by atoms with Crippen molar-refractivity contribution in [3.05, 3.63) is 70.0 Å². The Morgan fingerprint density at radius 1 is 1.05 bits per heavy atom. The molecule has 2 rings (SSSR count). The Kier molecular flexibility index (Phi) is 5.26. The standard InChI is InChI=1S/C16H15ClF3N/c1-2-5-21-16(10-6-12(18)9-13(19)7-10)14-4-3-11(17)8-15(14)20/h3-4,6-9,16,21H,2,5H2,1H3. The fraction of sp³-hybridized carbons (Fsp3) is 0.250. The first-order chi connectivity index (χ1) is 10.0. The van der Waals surface area contributed by atoms with Gasteiger partial charge in [-0.3, -0.25) is 0 Å². The molecule has 2 aromatic rings. The van der Waals surface area contributed by atoms with Gasteiger partial charge < -0.3 is 5.32 Å². The Bertz CT molecular complexity index is 611. The van der Waals surface area contributed by atoms with E-state index in [1.165, 1.54) is 24.3 Å². The van der Waals surface area contributed by atoms with Crippen molar-refractivity contribution in [3.63, 3.8) is 0 Å². The molecule has 1 nitrogen and oxygen atoms in total. The summed E-state index contributed by atoms with van der Waals surface area (Å²) in [5.74, 6) is -1.90. The minimum Gasteiger partial charge on any atom is -0.306 e. The van der Waals surface area contributed by atoms with Crippen LogP contribution in [0.3, 0.4) is 0 Å². The summed E-state index contributed by atoms with van der Waals surface area (Å²) >= 11 is 5.74. The molecule has 0 aromatic heterocycles. The lowest BCUT2D eigenvalue weighted by Gasteiger charge is -2.20. The lowest BCUT2D eigenvalue weighted by molar-refractivity contribution is 0.533. The van der Waals surface area contributed by atoms with Gasteiger partial charge in [-0.05, 0) is 42.8 Å². The Balaban J connectivity index is 2.46. The molecule has 0 heterocycles. The van der Waals surface area contributed by atoms with Crippen molar-refractivity contribution in [2.75, 3.05) is 6.54 Å². The molecule has 0 aliphatic carbocycles. The Labute approximate surface area is 126 Å². The van der Waals surface area contributed by atoms with E-state index in [1.807, 2.05) is 6.92 Å². The molecule has 112 valence electrons. The van der Waals surface area contributed by atoms with Gasteiger partial charge in [0.15, 0.2) is 0 Å². The summed E-state index contributed by atoms with van der Waals surface area (Å²) in [5.41, 5.74) is 0.639. The monoisotopic (exact) mass is 313 g/mol. The van der Waals surface area contributed by atoms with Crippen LogP contribution >= 0.6 is 11.6 Å². The van der Waals surface area contributed by atoms with Gasteiger partial charge in [-0.1, -0.05) is 24.6 Å². The summed E-state index contributed by atoms with van der Waals surface area (Å²) in [5, 5.41) is 3.37. The molecular weight excluding hydrogens is 299 g/mol. The number of benzene rings is 2. The second-order valence-electron chi connectivity index (χ2n) is 4.76. The van der Waals surface area contributed by atoms with E-state index in [9.17, 15) is 13.2 Å². The average Bonchev–Trinajstić information content (AvgIpc) is 2.40. The summed E-state index contributed by atoms with van der Waals surface area (Å²) in [7, 11) is 0. The highest BCUT2D eigenvalue weighted by atomic mass is 35.5. The van der Waals surface area contributed by atoms with Gasteiger partial charge in [0.1, 0.15) is 17.5 Å². The highest BCUT2D eigenvalue weighted by Gasteiger charge is 2.19. The molecule has 0 radical (unpaired) electrons. The lowest BCUT2D eigenvalue weighted by Crippen LogP contribution is -2.24. The summed E-state index contributed by atoms with van der Waals surface area (Å²) < 4.78 is 40.9.